The Morgan fingerprint density at radius 1 is 1.53 bits per heavy atom. The molecule has 0 amide bonds. The molecule has 0 aromatic carbocycles. The van der Waals surface area contributed by atoms with Crippen LogP contribution >= 0.6 is 15.9 Å². The molecule has 0 fully saturated rings. The lowest BCUT2D eigenvalue weighted by molar-refractivity contribution is 0.104. The van der Waals surface area contributed by atoms with Crippen LogP contribution in [0.2, 0.25) is 0 Å². The topological polar surface area (TPSA) is 49.0 Å². The molecule has 0 aliphatic heterocycles. The van der Waals surface area contributed by atoms with Crippen molar-refractivity contribution in [2.24, 2.45) is 0 Å². The zero-order chi connectivity index (χ0) is 12.4. The molecule has 2 heterocycles. The fraction of sp³-hybridized carbons (Fsp3) is 0.167. The van der Waals surface area contributed by atoms with Crippen molar-refractivity contribution in [2.75, 3.05) is 14.1 Å². The molecular weight excluding hydrogens is 282 g/mol. The number of pyridine rings is 1. The first-order chi connectivity index (χ1) is 8.08. The standard InChI is InChI=1S/C12H12BrN3O/c1-16(2)4-3-11(17)9-6-14-10-7-15-12(13)5-8(9)10/h3-7,14H,1-2H3. The molecule has 5 heteroatoms. The number of fused-ring (bicyclic) bond motifs is 1. The molecule has 0 saturated heterocycles. The van der Waals surface area contributed by atoms with Crippen molar-refractivity contribution in [1.29, 1.82) is 0 Å². The van der Waals surface area contributed by atoms with Crippen LogP contribution in [0.5, 0.6) is 0 Å². The Kier molecular flexibility index (Phi) is 3.28. The van der Waals surface area contributed by atoms with Crippen molar-refractivity contribution in [2.45, 2.75) is 0 Å². The van der Waals surface area contributed by atoms with Crippen molar-refractivity contribution in [3.8, 4) is 0 Å². The van der Waals surface area contributed by atoms with Crippen molar-refractivity contribution in [1.82, 2.24) is 14.9 Å². The molecule has 1 N–H and O–H groups in total. The molecule has 0 aliphatic rings. The molecular formula is C12H12BrN3O. The van der Waals surface area contributed by atoms with Gasteiger partial charge in [0.2, 0.25) is 0 Å². The number of carbonyl (C=O) groups excluding carboxylic acids is 1. The highest BCUT2D eigenvalue weighted by atomic mass is 79.9. The Bertz CT molecular complexity index is 586. The molecule has 88 valence electrons. The van der Waals surface area contributed by atoms with E-state index in [4.69, 9.17) is 0 Å². The number of allylic oxidation sites excluding steroid dienone is 1. The van der Waals surface area contributed by atoms with E-state index in [2.05, 4.69) is 25.9 Å². The number of nitrogens with one attached hydrogen (secondary N) is 1. The van der Waals surface area contributed by atoms with Gasteiger partial charge < -0.3 is 9.88 Å². The monoisotopic (exact) mass is 293 g/mol. The molecule has 17 heavy (non-hydrogen) atoms. The first-order valence-corrected chi connectivity index (χ1v) is 5.89. The third-order valence-corrected chi connectivity index (χ3v) is 2.76. The lowest BCUT2D eigenvalue weighted by Crippen LogP contribution is -2.02. The molecule has 2 aromatic rings. The lowest BCUT2D eigenvalue weighted by atomic mass is 10.1. The summed E-state index contributed by atoms with van der Waals surface area (Å²) in [6.45, 7) is 0. The van der Waals surface area contributed by atoms with Crippen molar-refractivity contribution >= 4 is 32.6 Å². The molecule has 0 spiro atoms. The number of hydrogen-bond donors (Lipinski definition) is 1. The van der Waals surface area contributed by atoms with E-state index >= 15 is 0 Å². The van der Waals surface area contributed by atoms with Crippen molar-refractivity contribution in [3.05, 3.63) is 40.9 Å². The van der Waals surface area contributed by atoms with E-state index in [-0.39, 0.29) is 5.78 Å². The number of halogens is 1. The number of aromatic amines is 1. The van der Waals surface area contributed by atoms with Crippen LogP contribution in [0.3, 0.4) is 0 Å². The van der Waals surface area contributed by atoms with Crippen LogP contribution in [0.1, 0.15) is 10.4 Å². The van der Waals surface area contributed by atoms with E-state index in [9.17, 15) is 4.79 Å². The van der Waals surface area contributed by atoms with Crippen LogP contribution in [0.15, 0.2) is 35.3 Å². The van der Waals surface area contributed by atoms with Crippen LogP contribution in [-0.2, 0) is 0 Å². The number of carbonyl (C=O) groups is 1. The first kappa shape index (κ1) is 11.9. The number of H-pyrrole nitrogens is 1. The summed E-state index contributed by atoms with van der Waals surface area (Å²) >= 11 is 3.30. The van der Waals surface area contributed by atoms with E-state index in [1.165, 1.54) is 0 Å². The number of hydrogen-bond acceptors (Lipinski definition) is 3. The summed E-state index contributed by atoms with van der Waals surface area (Å²) in [7, 11) is 3.75. The molecule has 0 saturated carbocycles. The fourth-order valence-electron chi connectivity index (χ4n) is 1.51. The molecule has 0 unspecified atom stereocenters. The summed E-state index contributed by atoms with van der Waals surface area (Å²) in [6, 6.07) is 1.84. The average Bonchev–Trinajstić information content (AvgIpc) is 2.68. The van der Waals surface area contributed by atoms with Crippen LogP contribution in [0.4, 0.5) is 0 Å². The van der Waals surface area contributed by atoms with Gasteiger partial charge in [0.1, 0.15) is 4.60 Å². The number of aromatic nitrogens is 2. The molecule has 4 nitrogen and oxygen atoms in total. The van der Waals surface area contributed by atoms with Gasteiger partial charge in [-0.25, -0.2) is 4.98 Å². The minimum Gasteiger partial charge on any atom is -0.383 e. The molecule has 2 rings (SSSR count). The Hall–Kier alpha value is -1.62. The predicted molar refractivity (Wildman–Crippen MR) is 71.0 cm³/mol. The number of nitrogens with zero attached hydrogens (tertiary/aromatic N) is 2. The van der Waals surface area contributed by atoms with Gasteiger partial charge in [0.25, 0.3) is 0 Å². The minimum absolute atomic E-state index is 0.0250. The Balaban J connectivity index is 2.42. The summed E-state index contributed by atoms with van der Waals surface area (Å²) < 4.78 is 0.718. The molecule has 0 radical (unpaired) electrons. The highest BCUT2D eigenvalue weighted by Gasteiger charge is 2.10. The average molecular weight is 294 g/mol. The lowest BCUT2D eigenvalue weighted by Gasteiger charge is -2.02. The van der Waals surface area contributed by atoms with Crippen LogP contribution in [0, 0.1) is 0 Å². The summed E-state index contributed by atoms with van der Waals surface area (Å²) in [6.07, 6.45) is 6.70. The third kappa shape index (κ3) is 2.55. The molecule has 0 atom stereocenters. The SMILES string of the molecule is CN(C)C=CC(=O)c1c[nH]c2cnc(Br)cc12. The van der Waals surface area contributed by atoms with E-state index in [1.807, 2.05) is 25.1 Å². The molecule has 0 aliphatic carbocycles. The van der Waals surface area contributed by atoms with E-state index in [1.54, 1.807) is 24.7 Å². The second-order valence-corrected chi connectivity index (χ2v) is 4.71. The normalized spacial score (nSPS) is 11.2. The van der Waals surface area contributed by atoms with Crippen molar-refractivity contribution < 1.29 is 4.79 Å². The maximum atomic E-state index is 12.0. The van der Waals surface area contributed by atoms with Gasteiger partial charge >= 0.3 is 0 Å². The van der Waals surface area contributed by atoms with Crippen LogP contribution in [0.25, 0.3) is 10.9 Å². The molecule has 2 aromatic heterocycles. The Morgan fingerprint density at radius 3 is 3.00 bits per heavy atom. The summed E-state index contributed by atoms with van der Waals surface area (Å²) in [5.41, 5.74) is 1.51. The van der Waals surface area contributed by atoms with Crippen molar-refractivity contribution in [3.63, 3.8) is 0 Å². The van der Waals surface area contributed by atoms with Crippen LogP contribution in [-0.4, -0.2) is 34.7 Å². The van der Waals surface area contributed by atoms with E-state index < -0.39 is 0 Å². The summed E-state index contributed by atoms with van der Waals surface area (Å²) in [5.74, 6) is -0.0250. The maximum Gasteiger partial charge on any atom is 0.189 e. The second kappa shape index (κ2) is 4.71. The highest BCUT2D eigenvalue weighted by Crippen LogP contribution is 2.21. The zero-order valence-electron chi connectivity index (χ0n) is 9.57. The van der Waals surface area contributed by atoms with Gasteiger partial charge in [0.05, 0.1) is 11.7 Å². The Labute approximate surface area is 107 Å². The number of ketones is 1. The van der Waals surface area contributed by atoms with Gasteiger partial charge in [-0.15, -0.1) is 0 Å². The van der Waals surface area contributed by atoms with Gasteiger partial charge in [-0.1, -0.05) is 0 Å². The summed E-state index contributed by atoms with van der Waals surface area (Å²) in [5, 5.41) is 0.875. The quantitative estimate of drug-likeness (QED) is 0.538. The minimum atomic E-state index is -0.0250. The predicted octanol–water partition coefficient (Wildman–Crippen LogP) is 2.58. The van der Waals surface area contributed by atoms with Crippen LogP contribution < -0.4 is 0 Å². The third-order valence-electron chi connectivity index (χ3n) is 2.32. The van der Waals surface area contributed by atoms with Gasteiger partial charge in [0.15, 0.2) is 5.78 Å². The van der Waals surface area contributed by atoms with E-state index in [0.29, 0.717) is 5.56 Å². The van der Waals surface area contributed by atoms with Gasteiger partial charge in [-0.2, -0.15) is 0 Å². The van der Waals surface area contributed by atoms with E-state index in [0.717, 1.165) is 15.5 Å². The maximum absolute atomic E-state index is 12.0. The van der Waals surface area contributed by atoms with Gasteiger partial charge in [-0.3, -0.25) is 4.79 Å². The highest BCUT2D eigenvalue weighted by molar-refractivity contribution is 9.10. The largest absolute Gasteiger partial charge is 0.383 e. The second-order valence-electron chi connectivity index (χ2n) is 3.90. The first-order valence-electron chi connectivity index (χ1n) is 5.09. The summed E-state index contributed by atoms with van der Waals surface area (Å²) in [4.78, 5) is 20.9. The fourth-order valence-corrected chi connectivity index (χ4v) is 1.84. The molecule has 0 bridgehead atoms. The van der Waals surface area contributed by atoms with Gasteiger partial charge in [-0.05, 0) is 22.0 Å². The van der Waals surface area contributed by atoms with Gasteiger partial charge in [0, 0.05) is 43.5 Å². The number of rotatable bonds is 3. The Morgan fingerprint density at radius 2 is 2.29 bits per heavy atom. The zero-order valence-corrected chi connectivity index (χ0v) is 11.2. The smallest absolute Gasteiger partial charge is 0.189 e.